The fourth-order valence-electron chi connectivity index (χ4n) is 1.71. The Morgan fingerprint density at radius 1 is 1.20 bits per heavy atom. The zero-order valence-corrected chi connectivity index (χ0v) is 10.3. The van der Waals surface area contributed by atoms with Crippen LogP contribution in [-0.4, -0.2) is 16.5 Å². The molecule has 0 aliphatic rings. The summed E-state index contributed by atoms with van der Waals surface area (Å²) < 4.78 is 25.9. The standard InChI is InChI=1S/C13H11F2N3O2/c14-10-5-9(6-11(15)7-10)3-4-16-12-1-2-13(17-8-12)18(19)20/h1-2,5-8,16H,3-4H2. The van der Waals surface area contributed by atoms with Gasteiger partial charge in [-0.15, -0.1) is 0 Å². The second kappa shape index (κ2) is 6.05. The lowest BCUT2D eigenvalue weighted by Gasteiger charge is -2.05. The highest BCUT2D eigenvalue weighted by atomic mass is 19.1. The van der Waals surface area contributed by atoms with E-state index in [4.69, 9.17) is 0 Å². The van der Waals surface area contributed by atoms with Gasteiger partial charge in [0.1, 0.15) is 11.6 Å². The Kier molecular flexibility index (Phi) is 4.19. The zero-order valence-electron chi connectivity index (χ0n) is 10.3. The summed E-state index contributed by atoms with van der Waals surface area (Å²) in [6.45, 7) is 0.433. The van der Waals surface area contributed by atoms with Crippen LogP contribution in [0.15, 0.2) is 36.5 Å². The molecule has 0 amide bonds. The summed E-state index contributed by atoms with van der Waals surface area (Å²) in [5, 5.41) is 13.4. The van der Waals surface area contributed by atoms with E-state index in [9.17, 15) is 18.9 Å². The van der Waals surface area contributed by atoms with Crippen molar-refractivity contribution in [3.8, 4) is 0 Å². The number of pyridine rings is 1. The third-order valence-electron chi connectivity index (χ3n) is 2.60. The number of benzene rings is 1. The van der Waals surface area contributed by atoms with Crippen LogP contribution in [0.1, 0.15) is 5.56 Å². The Bertz CT molecular complexity index is 597. The molecule has 104 valence electrons. The lowest BCUT2D eigenvalue weighted by atomic mass is 10.1. The van der Waals surface area contributed by atoms with Crippen LogP contribution in [-0.2, 0) is 6.42 Å². The summed E-state index contributed by atoms with van der Waals surface area (Å²) in [7, 11) is 0. The highest BCUT2D eigenvalue weighted by Crippen LogP contribution is 2.12. The monoisotopic (exact) mass is 279 g/mol. The molecule has 1 N–H and O–H groups in total. The number of nitro groups is 1. The van der Waals surface area contributed by atoms with E-state index < -0.39 is 16.6 Å². The lowest BCUT2D eigenvalue weighted by molar-refractivity contribution is -0.389. The molecule has 5 nitrogen and oxygen atoms in total. The lowest BCUT2D eigenvalue weighted by Crippen LogP contribution is -2.06. The molecular weight excluding hydrogens is 268 g/mol. The van der Waals surface area contributed by atoms with Crippen molar-refractivity contribution in [2.24, 2.45) is 0 Å². The molecule has 0 spiro atoms. The van der Waals surface area contributed by atoms with Gasteiger partial charge < -0.3 is 15.4 Å². The molecule has 1 aromatic heterocycles. The van der Waals surface area contributed by atoms with Gasteiger partial charge in [0.25, 0.3) is 0 Å². The Balaban J connectivity index is 1.90. The largest absolute Gasteiger partial charge is 0.382 e. The maximum absolute atomic E-state index is 13.0. The van der Waals surface area contributed by atoms with Gasteiger partial charge in [-0.1, -0.05) is 0 Å². The average Bonchev–Trinajstić information content (AvgIpc) is 2.38. The van der Waals surface area contributed by atoms with E-state index in [-0.39, 0.29) is 5.82 Å². The number of aromatic nitrogens is 1. The normalized spacial score (nSPS) is 10.3. The van der Waals surface area contributed by atoms with Gasteiger partial charge in [0, 0.05) is 18.7 Å². The molecule has 0 bridgehead atoms. The number of hydrogen-bond donors (Lipinski definition) is 1. The Labute approximate surface area is 113 Å². The summed E-state index contributed by atoms with van der Waals surface area (Å²) >= 11 is 0. The molecule has 2 aromatic rings. The minimum atomic E-state index is -0.614. The minimum absolute atomic E-state index is 0.234. The number of hydrogen-bond acceptors (Lipinski definition) is 4. The van der Waals surface area contributed by atoms with E-state index in [0.717, 1.165) is 6.07 Å². The molecule has 0 radical (unpaired) electrons. The summed E-state index contributed by atoms with van der Waals surface area (Å²) in [5.41, 5.74) is 1.14. The van der Waals surface area contributed by atoms with E-state index in [1.54, 1.807) is 0 Å². The van der Waals surface area contributed by atoms with Crippen LogP contribution in [0.25, 0.3) is 0 Å². The van der Waals surface area contributed by atoms with Crippen LogP contribution in [0, 0.1) is 21.7 Å². The molecular formula is C13H11F2N3O2. The Morgan fingerprint density at radius 2 is 1.90 bits per heavy atom. The second-order valence-corrected chi connectivity index (χ2v) is 4.12. The number of halogens is 2. The summed E-state index contributed by atoms with van der Waals surface area (Å²) in [5.74, 6) is -1.46. The maximum atomic E-state index is 13.0. The van der Waals surface area contributed by atoms with Crippen molar-refractivity contribution in [3.05, 3.63) is 63.8 Å². The molecule has 20 heavy (non-hydrogen) atoms. The minimum Gasteiger partial charge on any atom is -0.382 e. The summed E-state index contributed by atoms with van der Waals surface area (Å²) in [6.07, 6.45) is 1.76. The average molecular weight is 279 g/mol. The van der Waals surface area contributed by atoms with E-state index in [0.29, 0.717) is 24.2 Å². The van der Waals surface area contributed by atoms with Crippen LogP contribution in [0.5, 0.6) is 0 Å². The van der Waals surface area contributed by atoms with Gasteiger partial charge in [-0.3, -0.25) is 0 Å². The van der Waals surface area contributed by atoms with Gasteiger partial charge in [-0.05, 0) is 40.1 Å². The van der Waals surface area contributed by atoms with E-state index in [1.165, 1.54) is 30.5 Å². The molecule has 2 rings (SSSR count). The van der Waals surface area contributed by atoms with Gasteiger partial charge >= 0.3 is 5.82 Å². The molecule has 0 saturated heterocycles. The molecule has 0 atom stereocenters. The number of rotatable bonds is 5. The molecule has 1 heterocycles. The first-order valence-electron chi connectivity index (χ1n) is 5.84. The number of nitrogens with zero attached hydrogens (tertiary/aromatic N) is 2. The fraction of sp³-hybridized carbons (Fsp3) is 0.154. The van der Waals surface area contributed by atoms with Gasteiger partial charge in [0.2, 0.25) is 0 Å². The SMILES string of the molecule is O=[N+]([O-])c1ccc(NCCc2cc(F)cc(F)c2)cn1. The number of nitrogens with one attached hydrogen (secondary N) is 1. The van der Waals surface area contributed by atoms with Crippen LogP contribution in [0.3, 0.4) is 0 Å². The van der Waals surface area contributed by atoms with E-state index in [2.05, 4.69) is 10.3 Å². The van der Waals surface area contributed by atoms with Crippen LogP contribution >= 0.6 is 0 Å². The third-order valence-corrected chi connectivity index (χ3v) is 2.60. The van der Waals surface area contributed by atoms with Crippen LogP contribution in [0.4, 0.5) is 20.3 Å². The Hall–Kier alpha value is -2.57. The van der Waals surface area contributed by atoms with E-state index >= 15 is 0 Å². The van der Waals surface area contributed by atoms with Gasteiger partial charge in [0.15, 0.2) is 6.20 Å². The smallest absolute Gasteiger partial charge is 0.363 e. The molecule has 7 heteroatoms. The van der Waals surface area contributed by atoms with Crippen molar-refractivity contribution in [2.75, 3.05) is 11.9 Å². The summed E-state index contributed by atoms with van der Waals surface area (Å²) in [6, 6.07) is 6.15. The van der Waals surface area contributed by atoms with Crippen molar-refractivity contribution in [2.45, 2.75) is 6.42 Å². The Morgan fingerprint density at radius 3 is 2.45 bits per heavy atom. The third kappa shape index (κ3) is 3.71. The van der Waals surface area contributed by atoms with Gasteiger partial charge in [-0.2, -0.15) is 0 Å². The fourth-order valence-corrected chi connectivity index (χ4v) is 1.71. The molecule has 0 aliphatic heterocycles. The molecule has 1 aromatic carbocycles. The second-order valence-electron chi connectivity index (χ2n) is 4.12. The van der Waals surface area contributed by atoms with E-state index in [1.807, 2.05) is 0 Å². The van der Waals surface area contributed by atoms with Crippen molar-refractivity contribution in [3.63, 3.8) is 0 Å². The topological polar surface area (TPSA) is 68.1 Å². The molecule has 0 fully saturated rings. The molecule has 0 unspecified atom stereocenters. The maximum Gasteiger partial charge on any atom is 0.363 e. The number of anilines is 1. The summed E-state index contributed by atoms with van der Waals surface area (Å²) in [4.78, 5) is 13.5. The zero-order chi connectivity index (χ0) is 14.5. The highest BCUT2D eigenvalue weighted by Gasteiger charge is 2.06. The van der Waals surface area contributed by atoms with Crippen molar-refractivity contribution in [1.29, 1.82) is 0 Å². The van der Waals surface area contributed by atoms with Crippen molar-refractivity contribution in [1.82, 2.24) is 4.98 Å². The predicted molar refractivity (Wildman–Crippen MR) is 69.4 cm³/mol. The highest BCUT2D eigenvalue weighted by molar-refractivity contribution is 5.43. The van der Waals surface area contributed by atoms with Crippen LogP contribution < -0.4 is 5.32 Å². The predicted octanol–water partition coefficient (Wildman–Crippen LogP) is 2.92. The quantitative estimate of drug-likeness (QED) is 0.675. The van der Waals surface area contributed by atoms with Crippen LogP contribution in [0.2, 0.25) is 0 Å². The first-order chi connectivity index (χ1) is 9.54. The van der Waals surface area contributed by atoms with Gasteiger partial charge in [0.05, 0.1) is 5.69 Å². The first-order valence-corrected chi connectivity index (χ1v) is 5.84. The van der Waals surface area contributed by atoms with Gasteiger partial charge in [-0.25, -0.2) is 8.78 Å². The first kappa shape index (κ1) is 13.9. The molecule has 0 aliphatic carbocycles. The van der Waals surface area contributed by atoms with Crippen molar-refractivity contribution >= 4 is 11.5 Å². The van der Waals surface area contributed by atoms with Crippen molar-refractivity contribution < 1.29 is 13.7 Å². The molecule has 0 saturated carbocycles.